The minimum atomic E-state index is -0.551. The Morgan fingerprint density at radius 1 is 1.25 bits per heavy atom. The molecule has 2 heterocycles. The second kappa shape index (κ2) is 9.24. The van der Waals surface area contributed by atoms with E-state index in [1.807, 2.05) is 0 Å². The summed E-state index contributed by atoms with van der Waals surface area (Å²) in [4.78, 5) is 31.6. The third kappa shape index (κ3) is 4.81. The molecular weight excluding hydrogens is 455 g/mol. The van der Waals surface area contributed by atoms with Crippen LogP contribution in [0.5, 0.6) is 0 Å². The predicted octanol–water partition coefficient (Wildman–Crippen LogP) is 4.76. The molecule has 0 aliphatic rings. The van der Waals surface area contributed by atoms with Crippen LogP contribution in [0.25, 0.3) is 22.6 Å². The molecule has 162 valence electrons. The highest BCUT2D eigenvalue weighted by atomic mass is 32.2. The number of aromatic amines is 1. The highest BCUT2D eigenvalue weighted by molar-refractivity contribution is 8.00. The van der Waals surface area contributed by atoms with E-state index in [0.29, 0.717) is 27.1 Å². The van der Waals surface area contributed by atoms with Gasteiger partial charge in [0.1, 0.15) is 5.82 Å². The molecule has 1 unspecified atom stereocenters. The molecule has 2 aromatic heterocycles. The van der Waals surface area contributed by atoms with Crippen molar-refractivity contribution in [1.29, 1.82) is 0 Å². The fourth-order valence-corrected chi connectivity index (χ4v) is 4.18. The van der Waals surface area contributed by atoms with Gasteiger partial charge in [0.15, 0.2) is 11.0 Å². The number of nitro benzene ring substituents is 1. The van der Waals surface area contributed by atoms with Crippen LogP contribution in [0.1, 0.15) is 6.92 Å². The zero-order chi connectivity index (χ0) is 22.7. The van der Waals surface area contributed by atoms with Crippen molar-refractivity contribution in [3.8, 4) is 22.6 Å². The number of anilines is 1. The predicted molar refractivity (Wildman–Crippen MR) is 120 cm³/mol. The van der Waals surface area contributed by atoms with Gasteiger partial charge in [-0.25, -0.2) is 14.4 Å². The van der Waals surface area contributed by atoms with E-state index in [2.05, 4.69) is 25.5 Å². The first-order chi connectivity index (χ1) is 15.4. The van der Waals surface area contributed by atoms with Crippen molar-refractivity contribution >= 4 is 39.8 Å². The number of H-pyrrole nitrogens is 1. The molecule has 1 atom stereocenters. The summed E-state index contributed by atoms with van der Waals surface area (Å²) in [6, 6.07) is 12.3. The van der Waals surface area contributed by atoms with Gasteiger partial charge in [0, 0.05) is 23.1 Å². The summed E-state index contributed by atoms with van der Waals surface area (Å²) >= 11 is 2.33. The van der Waals surface area contributed by atoms with Crippen LogP contribution >= 0.6 is 23.1 Å². The van der Waals surface area contributed by atoms with Gasteiger partial charge in [-0.1, -0.05) is 36.0 Å². The van der Waals surface area contributed by atoms with E-state index in [-0.39, 0.29) is 17.4 Å². The van der Waals surface area contributed by atoms with Crippen molar-refractivity contribution in [2.24, 2.45) is 0 Å². The highest BCUT2D eigenvalue weighted by Gasteiger charge is 2.20. The summed E-state index contributed by atoms with van der Waals surface area (Å²) in [6.45, 7) is 1.69. The summed E-state index contributed by atoms with van der Waals surface area (Å²) in [6.07, 6.45) is 0. The number of aromatic nitrogens is 4. The number of nitrogens with one attached hydrogen (secondary N) is 2. The summed E-state index contributed by atoms with van der Waals surface area (Å²) in [5.41, 5.74) is 1.37. The molecule has 4 rings (SSSR count). The lowest BCUT2D eigenvalue weighted by Crippen LogP contribution is -2.22. The second-order valence-corrected chi connectivity index (χ2v) is 8.71. The molecule has 0 aliphatic carbocycles. The number of carbonyl (C=O) groups excluding carboxylic acids is 1. The number of benzene rings is 2. The summed E-state index contributed by atoms with van der Waals surface area (Å²) in [7, 11) is 0. The fraction of sp³-hybridized carbons (Fsp3) is 0.100. The number of hydrogen-bond acceptors (Lipinski definition) is 8. The fourth-order valence-electron chi connectivity index (χ4n) is 2.73. The number of nitrogens with zero attached hydrogens (tertiary/aromatic N) is 4. The third-order valence-corrected chi connectivity index (χ3v) is 6.05. The zero-order valence-corrected chi connectivity index (χ0v) is 18.1. The second-order valence-electron chi connectivity index (χ2n) is 6.54. The van der Waals surface area contributed by atoms with Gasteiger partial charge in [-0.15, -0.1) is 16.4 Å². The summed E-state index contributed by atoms with van der Waals surface area (Å²) in [5, 5.41) is 22.2. The normalized spacial score (nSPS) is 11.8. The molecule has 2 aromatic carbocycles. The topological polar surface area (TPSA) is 127 Å². The van der Waals surface area contributed by atoms with Crippen molar-refractivity contribution in [3.05, 3.63) is 69.8 Å². The van der Waals surface area contributed by atoms with Crippen LogP contribution in [0.2, 0.25) is 0 Å². The van der Waals surface area contributed by atoms with E-state index >= 15 is 0 Å². The van der Waals surface area contributed by atoms with Gasteiger partial charge in [-0.05, 0) is 19.1 Å². The van der Waals surface area contributed by atoms with Crippen molar-refractivity contribution in [2.45, 2.75) is 17.3 Å². The van der Waals surface area contributed by atoms with Crippen LogP contribution in [-0.4, -0.2) is 36.2 Å². The smallest absolute Gasteiger partial charge is 0.270 e. The Morgan fingerprint density at radius 3 is 2.84 bits per heavy atom. The molecule has 12 heteroatoms. The third-order valence-electron chi connectivity index (χ3n) is 4.33. The van der Waals surface area contributed by atoms with E-state index < -0.39 is 16.0 Å². The molecule has 2 N–H and O–H groups in total. The number of nitro groups is 1. The average molecular weight is 471 g/mol. The SMILES string of the molecule is CC(Sc1n[nH]c(-c2ccccc2F)n1)C(=O)Nc1nc(-c2cccc([N+](=O)[O-])c2)cs1. The Hall–Kier alpha value is -3.64. The Kier molecular flexibility index (Phi) is 6.23. The van der Waals surface area contributed by atoms with Gasteiger partial charge in [-0.2, -0.15) is 0 Å². The molecule has 0 bridgehead atoms. The van der Waals surface area contributed by atoms with E-state index in [0.717, 1.165) is 11.8 Å². The number of hydrogen-bond donors (Lipinski definition) is 2. The lowest BCUT2D eigenvalue weighted by molar-refractivity contribution is -0.384. The maximum atomic E-state index is 13.9. The quantitative estimate of drug-likeness (QED) is 0.226. The molecule has 0 spiro atoms. The molecule has 0 fully saturated rings. The molecule has 9 nitrogen and oxygen atoms in total. The molecule has 0 saturated heterocycles. The summed E-state index contributed by atoms with van der Waals surface area (Å²) < 4.78 is 13.9. The largest absolute Gasteiger partial charge is 0.301 e. The molecule has 1 amide bonds. The molecule has 0 aliphatic heterocycles. The van der Waals surface area contributed by atoms with Gasteiger partial charge in [0.2, 0.25) is 11.1 Å². The molecule has 32 heavy (non-hydrogen) atoms. The lowest BCUT2D eigenvalue weighted by Gasteiger charge is -2.07. The number of thioether (sulfide) groups is 1. The Bertz CT molecular complexity index is 1290. The molecular formula is C20H15FN6O3S2. The van der Waals surface area contributed by atoms with Crippen molar-refractivity contribution < 1.29 is 14.1 Å². The number of rotatable bonds is 7. The van der Waals surface area contributed by atoms with Crippen LogP contribution in [-0.2, 0) is 4.79 Å². The number of thiazole rings is 1. The minimum absolute atomic E-state index is 0.0348. The van der Waals surface area contributed by atoms with Crippen LogP contribution in [0, 0.1) is 15.9 Å². The molecule has 0 radical (unpaired) electrons. The molecule has 4 aromatic rings. The number of amides is 1. The van der Waals surface area contributed by atoms with Crippen LogP contribution < -0.4 is 5.32 Å². The van der Waals surface area contributed by atoms with Crippen LogP contribution in [0.4, 0.5) is 15.2 Å². The van der Waals surface area contributed by atoms with E-state index in [9.17, 15) is 19.3 Å². The van der Waals surface area contributed by atoms with Crippen molar-refractivity contribution in [1.82, 2.24) is 20.2 Å². The first kappa shape index (κ1) is 21.6. The van der Waals surface area contributed by atoms with Gasteiger partial charge < -0.3 is 5.32 Å². The Morgan fingerprint density at radius 2 is 2.06 bits per heavy atom. The Labute approximate surface area is 189 Å². The van der Waals surface area contributed by atoms with Crippen LogP contribution in [0.15, 0.2) is 59.1 Å². The number of non-ortho nitro benzene ring substituents is 1. The number of halogens is 1. The monoisotopic (exact) mass is 470 g/mol. The number of carbonyl (C=O) groups is 1. The first-order valence-corrected chi connectivity index (χ1v) is 11.0. The van der Waals surface area contributed by atoms with Gasteiger partial charge in [0.25, 0.3) is 5.69 Å². The Balaban J connectivity index is 1.40. The summed E-state index contributed by atoms with van der Waals surface area (Å²) in [5.74, 6) is -0.457. The van der Waals surface area contributed by atoms with Crippen LogP contribution in [0.3, 0.4) is 0 Å². The van der Waals surface area contributed by atoms with Gasteiger partial charge >= 0.3 is 0 Å². The van der Waals surface area contributed by atoms with E-state index in [1.165, 1.54) is 29.5 Å². The van der Waals surface area contributed by atoms with Crippen molar-refractivity contribution in [3.63, 3.8) is 0 Å². The standard InChI is InChI=1S/C20H15FN6O3S2/c1-11(32-20-23-17(25-26-20)14-7-2-3-8-15(14)21)18(28)24-19-22-16(10-31-19)12-5-4-6-13(9-12)27(29)30/h2-11H,1H3,(H,22,24,28)(H,23,25,26). The molecule has 0 saturated carbocycles. The maximum Gasteiger partial charge on any atom is 0.270 e. The minimum Gasteiger partial charge on any atom is -0.301 e. The lowest BCUT2D eigenvalue weighted by atomic mass is 10.1. The van der Waals surface area contributed by atoms with E-state index in [1.54, 1.807) is 42.6 Å². The van der Waals surface area contributed by atoms with Gasteiger partial charge in [0.05, 0.1) is 21.4 Å². The van der Waals surface area contributed by atoms with Gasteiger partial charge in [-0.3, -0.25) is 20.0 Å². The average Bonchev–Trinajstić information content (AvgIpc) is 3.44. The first-order valence-electron chi connectivity index (χ1n) is 9.26. The zero-order valence-electron chi connectivity index (χ0n) is 16.5. The highest BCUT2D eigenvalue weighted by Crippen LogP contribution is 2.29. The maximum absolute atomic E-state index is 13.9. The van der Waals surface area contributed by atoms with E-state index in [4.69, 9.17) is 0 Å². The van der Waals surface area contributed by atoms with Crippen molar-refractivity contribution in [2.75, 3.05) is 5.32 Å².